The van der Waals surface area contributed by atoms with Gasteiger partial charge in [0.2, 0.25) is 5.91 Å². The monoisotopic (exact) mass is 192 g/mol. The van der Waals surface area contributed by atoms with Gasteiger partial charge in [0.25, 0.3) is 0 Å². The lowest BCUT2D eigenvalue weighted by Gasteiger charge is -2.06. The number of nitrogens with two attached hydrogens (primary N) is 1. The third-order valence-corrected chi connectivity index (χ3v) is 1.66. The number of primary amides is 1. The number of amides is 1. The van der Waals surface area contributed by atoms with E-state index < -0.39 is 5.91 Å². The standard InChI is InChI=1S/C8H8N4O2/c9-4-5-1-2-7(10)12(14)6(5)3-8(11)13/h1-2,10,14H,3H2,(H2,11,13). The molecule has 0 atom stereocenters. The maximum absolute atomic E-state index is 10.6. The number of rotatable bonds is 2. The van der Waals surface area contributed by atoms with Crippen LogP contribution in [-0.4, -0.2) is 15.8 Å². The van der Waals surface area contributed by atoms with Crippen LogP contribution in [0.25, 0.3) is 0 Å². The second-order valence-corrected chi connectivity index (χ2v) is 2.65. The lowest BCUT2D eigenvalue weighted by atomic mass is 10.1. The van der Waals surface area contributed by atoms with E-state index in [-0.39, 0.29) is 23.2 Å². The highest BCUT2D eigenvalue weighted by Crippen LogP contribution is 2.03. The number of carbonyl (C=O) groups is 1. The molecule has 0 spiro atoms. The molecule has 0 radical (unpaired) electrons. The van der Waals surface area contributed by atoms with Gasteiger partial charge in [-0.25, -0.2) is 0 Å². The molecule has 0 aromatic carbocycles. The molecule has 0 aliphatic carbocycles. The number of nitriles is 1. The van der Waals surface area contributed by atoms with Crippen molar-refractivity contribution in [3.8, 4) is 6.07 Å². The number of pyridine rings is 1. The van der Waals surface area contributed by atoms with Crippen LogP contribution in [0.2, 0.25) is 0 Å². The number of carbonyl (C=O) groups excluding carboxylic acids is 1. The minimum absolute atomic E-state index is 0.0347. The first-order valence-electron chi connectivity index (χ1n) is 3.73. The van der Waals surface area contributed by atoms with Crippen molar-refractivity contribution in [2.24, 2.45) is 5.73 Å². The lowest BCUT2D eigenvalue weighted by Crippen LogP contribution is -2.25. The Labute approximate surface area is 79.3 Å². The molecule has 0 aliphatic heterocycles. The summed E-state index contributed by atoms with van der Waals surface area (Å²) in [5, 5.41) is 25.2. The van der Waals surface area contributed by atoms with Gasteiger partial charge in [0.05, 0.1) is 17.7 Å². The van der Waals surface area contributed by atoms with E-state index in [1.54, 1.807) is 6.07 Å². The van der Waals surface area contributed by atoms with Crippen LogP contribution in [0.1, 0.15) is 11.3 Å². The van der Waals surface area contributed by atoms with Crippen molar-refractivity contribution in [2.75, 3.05) is 0 Å². The highest BCUT2D eigenvalue weighted by molar-refractivity contribution is 5.76. The highest BCUT2D eigenvalue weighted by atomic mass is 16.5. The number of aromatic nitrogens is 1. The normalized spacial score (nSPS) is 9.36. The molecule has 0 fully saturated rings. The van der Waals surface area contributed by atoms with Crippen LogP contribution in [0.3, 0.4) is 0 Å². The van der Waals surface area contributed by atoms with E-state index >= 15 is 0 Å². The van der Waals surface area contributed by atoms with Gasteiger partial charge in [-0.15, -0.1) is 0 Å². The predicted octanol–water partition coefficient (Wildman–Crippen LogP) is -0.896. The van der Waals surface area contributed by atoms with Gasteiger partial charge in [0.1, 0.15) is 6.07 Å². The summed E-state index contributed by atoms with van der Waals surface area (Å²) >= 11 is 0. The van der Waals surface area contributed by atoms with Gasteiger partial charge in [0, 0.05) is 0 Å². The van der Waals surface area contributed by atoms with Gasteiger partial charge in [-0.1, -0.05) is 0 Å². The number of nitrogens with one attached hydrogen (secondary N) is 1. The molecule has 1 amide bonds. The van der Waals surface area contributed by atoms with Crippen LogP contribution in [-0.2, 0) is 11.2 Å². The summed E-state index contributed by atoms with van der Waals surface area (Å²) in [6.45, 7) is 0. The van der Waals surface area contributed by atoms with Gasteiger partial charge >= 0.3 is 0 Å². The van der Waals surface area contributed by atoms with Crippen LogP contribution in [0.4, 0.5) is 0 Å². The zero-order chi connectivity index (χ0) is 10.7. The minimum Gasteiger partial charge on any atom is -0.427 e. The fourth-order valence-electron chi connectivity index (χ4n) is 1.03. The summed E-state index contributed by atoms with van der Waals surface area (Å²) in [7, 11) is 0. The van der Waals surface area contributed by atoms with Crippen molar-refractivity contribution in [3.63, 3.8) is 0 Å². The Balaban J connectivity index is 3.37. The molecule has 1 rings (SSSR count). The highest BCUT2D eigenvalue weighted by Gasteiger charge is 2.10. The summed E-state index contributed by atoms with van der Waals surface area (Å²) in [5.74, 6) is -0.671. The van der Waals surface area contributed by atoms with Crippen LogP contribution in [0, 0.1) is 16.7 Å². The Morgan fingerprint density at radius 1 is 1.71 bits per heavy atom. The maximum Gasteiger partial charge on any atom is 0.223 e. The van der Waals surface area contributed by atoms with Gasteiger partial charge in [-0.3, -0.25) is 10.2 Å². The summed E-state index contributed by atoms with van der Waals surface area (Å²) in [6.07, 6.45) is -0.272. The zero-order valence-electron chi connectivity index (χ0n) is 7.19. The molecule has 0 bridgehead atoms. The lowest BCUT2D eigenvalue weighted by molar-refractivity contribution is -0.117. The molecule has 6 nitrogen and oxygen atoms in total. The summed E-state index contributed by atoms with van der Waals surface area (Å²) in [5.41, 5.74) is 4.89. The molecule has 0 saturated carbocycles. The second kappa shape index (κ2) is 3.62. The van der Waals surface area contributed by atoms with E-state index in [4.69, 9.17) is 16.4 Å². The molecular formula is C8H8N4O2. The summed E-state index contributed by atoms with van der Waals surface area (Å²) in [6, 6.07) is 4.40. The van der Waals surface area contributed by atoms with E-state index in [9.17, 15) is 10.0 Å². The van der Waals surface area contributed by atoms with E-state index in [0.717, 1.165) is 0 Å². The van der Waals surface area contributed by atoms with Gasteiger partial charge in [0.15, 0.2) is 5.49 Å². The van der Waals surface area contributed by atoms with Crippen LogP contribution < -0.4 is 11.2 Å². The van der Waals surface area contributed by atoms with E-state index in [2.05, 4.69) is 0 Å². The minimum atomic E-state index is -0.671. The van der Waals surface area contributed by atoms with E-state index in [0.29, 0.717) is 4.73 Å². The zero-order valence-corrected chi connectivity index (χ0v) is 7.19. The smallest absolute Gasteiger partial charge is 0.223 e. The van der Waals surface area contributed by atoms with Crippen molar-refractivity contribution in [3.05, 3.63) is 28.9 Å². The first-order valence-corrected chi connectivity index (χ1v) is 3.73. The third kappa shape index (κ3) is 1.72. The van der Waals surface area contributed by atoms with E-state index in [1.807, 2.05) is 0 Å². The Bertz CT molecular complexity index is 469. The Kier molecular flexibility index (Phi) is 2.53. The molecule has 1 heterocycles. The molecule has 0 unspecified atom stereocenters. The van der Waals surface area contributed by atoms with E-state index in [1.165, 1.54) is 12.1 Å². The molecular weight excluding hydrogens is 184 g/mol. The maximum atomic E-state index is 10.6. The second-order valence-electron chi connectivity index (χ2n) is 2.65. The van der Waals surface area contributed by atoms with Gasteiger partial charge in [-0.2, -0.15) is 9.99 Å². The van der Waals surface area contributed by atoms with Crippen molar-refractivity contribution in [1.82, 2.24) is 4.73 Å². The predicted molar refractivity (Wildman–Crippen MR) is 45.1 cm³/mol. The fourth-order valence-corrected chi connectivity index (χ4v) is 1.03. The molecule has 1 aromatic rings. The average Bonchev–Trinajstić information content (AvgIpc) is 2.13. The van der Waals surface area contributed by atoms with Crippen molar-refractivity contribution in [2.45, 2.75) is 6.42 Å². The van der Waals surface area contributed by atoms with Crippen molar-refractivity contribution in [1.29, 1.82) is 10.7 Å². The Morgan fingerprint density at radius 2 is 2.36 bits per heavy atom. The van der Waals surface area contributed by atoms with Crippen LogP contribution >= 0.6 is 0 Å². The molecule has 0 aliphatic rings. The summed E-state index contributed by atoms with van der Waals surface area (Å²) in [4.78, 5) is 10.6. The first-order chi connectivity index (χ1) is 6.56. The van der Waals surface area contributed by atoms with Gasteiger partial charge < -0.3 is 10.9 Å². The molecule has 6 heteroatoms. The number of nitrogens with zero attached hydrogens (tertiary/aromatic N) is 2. The van der Waals surface area contributed by atoms with Crippen LogP contribution in [0.5, 0.6) is 0 Å². The van der Waals surface area contributed by atoms with Crippen molar-refractivity contribution >= 4 is 5.91 Å². The molecule has 14 heavy (non-hydrogen) atoms. The quantitative estimate of drug-likeness (QED) is 0.527. The Hall–Kier alpha value is -2.29. The number of hydrogen-bond donors (Lipinski definition) is 3. The topological polar surface area (TPSA) is 116 Å². The fraction of sp³-hybridized carbons (Fsp3) is 0.125. The van der Waals surface area contributed by atoms with Crippen LogP contribution in [0.15, 0.2) is 12.1 Å². The molecule has 72 valence electrons. The van der Waals surface area contributed by atoms with Gasteiger partial charge in [-0.05, 0) is 12.1 Å². The average molecular weight is 192 g/mol. The summed E-state index contributed by atoms with van der Waals surface area (Å²) < 4.78 is 0.476. The Morgan fingerprint density at radius 3 is 2.86 bits per heavy atom. The molecule has 4 N–H and O–H groups in total. The third-order valence-electron chi connectivity index (χ3n) is 1.66. The SMILES string of the molecule is N#Cc1ccc(=N)n(O)c1CC(N)=O. The molecule has 1 aromatic heterocycles. The number of hydrogen-bond acceptors (Lipinski definition) is 4. The van der Waals surface area contributed by atoms with Crippen molar-refractivity contribution < 1.29 is 10.0 Å². The largest absolute Gasteiger partial charge is 0.427 e. The first kappa shape index (κ1) is 9.80. The molecule has 0 saturated heterocycles.